The van der Waals surface area contributed by atoms with Crippen molar-refractivity contribution >= 4 is 28.9 Å². The Morgan fingerprint density at radius 2 is 1.90 bits per heavy atom. The molecule has 1 saturated heterocycles. The van der Waals surface area contributed by atoms with Crippen LogP contribution < -0.4 is 5.32 Å². The van der Waals surface area contributed by atoms with E-state index in [2.05, 4.69) is 41.9 Å². The highest BCUT2D eigenvalue weighted by molar-refractivity contribution is 7.80. The second kappa shape index (κ2) is 8.45. The average molecular weight is 447 g/mol. The zero-order valence-corrected chi connectivity index (χ0v) is 18.0. The molecule has 5 heterocycles. The Morgan fingerprint density at radius 3 is 2.65 bits per heavy atom. The van der Waals surface area contributed by atoms with Crippen LogP contribution in [0.1, 0.15) is 29.0 Å². The van der Waals surface area contributed by atoms with Crippen LogP contribution in [0.25, 0.3) is 5.82 Å². The molecule has 0 aliphatic carbocycles. The van der Waals surface area contributed by atoms with E-state index < -0.39 is 0 Å². The first-order chi connectivity index (χ1) is 15.2. The van der Waals surface area contributed by atoms with Gasteiger partial charge in [0.15, 0.2) is 5.11 Å². The SMILES string of the molecule is S=C1N[C@@H](c2ccccn2)[C@H](c2cccn2-c2ccc(Cl)cn2)N1Cc1cccnc1. The molecule has 4 aromatic heterocycles. The van der Waals surface area contributed by atoms with Crippen molar-refractivity contribution in [3.8, 4) is 5.82 Å². The summed E-state index contributed by atoms with van der Waals surface area (Å²) in [6.45, 7) is 0.632. The molecule has 2 atom stereocenters. The maximum Gasteiger partial charge on any atom is 0.170 e. The third-order valence-electron chi connectivity index (χ3n) is 5.32. The van der Waals surface area contributed by atoms with Crippen molar-refractivity contribution in [3.05, 3.63) is 108 Å². The van der Waals surface area contributed by atoms with Crippen molar-refractivity contribution in [2.45, 2.75) is 18.6 Å². The van der Waals surface area contributed by atoms with Crippen molar-refractivity contribution in [1.29, 1.82) is 0 Å². The van der Waals surface area contributed by atoms with E-state index in [-0.39, 0.29) is 12.1 Å². The maximum atomic E-state index is 6.05. The van der Waals surface area contributed by atoms with E-state index in [4.69, 9.17) is 23.8 Å². The predicted molar refractivity (Wildman–Crippen MR) is 124 cm³/mol. The molecule has 0 unspecified atom stereocenters. The number of nitrogens with zero attached hydrogens (tertiary/aromatic N) is 5. The monoisotopic (exact) mass is 446 g/mol. The fourth-order valence-corrected chi connectivity index (χ4v) is 4.36. The van der Waals surface area contributed by atoms with Crippen LogP contribution in [-0.4, -0.2) is 29.5 Å². The van der Waals surface area contributed by atoms with Gasteiger partial charge in [-0.1, -0.05) is 23.7 Å². The van der Waals surface area contributed by atoms with Gasteiger partial charge < -0.3 is 14.8 Å². The lowest BCUT2D eigenvalue weighted by Gasteiger charge is -2.28. The van der Waals surface area contributed by atoms with Gasteiger partial charge >= 0.3 is 0 Å². The van der Waals surface area contributed by atoms with Crippen molar-refractivity contribution in [3.63, 3.8) is 0 Å². The normalized spacial score (nSPS) is 18.2. The molecule has 1 aliphatic rings. The Hall–Kier alpha value is -3.29. The molecule has 8 heteroatoms. The largest absolute Gasteiger partial charge is 0.352 e. The van der Waals surface area contributed by atoms with Crippen LogP contribution in [0.4, 0.5) is 0 Å². The van der Waals surface area contributed by atoms with Crippen LogP contribution in [0.3, 0.4) is 0 Å². The predicted octanol–water partition coefficient (Wildman–Crippen LogP) is 4.49. The lowest BCUT2D eigenvalue weighted by Crippen LogP contribution is -2.30. The molecule has 31 heavy (non-hydrogen) atoms. The lowest BCUT2D eigenvalue weighted by atomic mass is 10.0. The first-order valence-electron chi connectivity index (χ1n) is 9.87. The smallest absolute Gasteiger partial charge is 0.170 e. The van der Waals surface area contributed by atoms with Crippen LogP contribution in [0.15, 0.2) is 85.6 Å². The summed E-state index contributed by atoms with van der Waals surface area (Å²) in [5, 5.41) is 4.77. The summed E-state index contributed by atoms with van der Waals surface area (Å²) in [5.41, 5.74) is 3.07. The van der Waals surface area contributed by atoms with Gasteiger partial charge in [0.2, 0.25) is 0 Å². The van der Waals surface area contributed by atoms with Gasteiger partial charge in [-0.15, -0.1) is 0 Å². The lowest BCUT2D eigenvalue weighted by molar-refractivity contribution is 0.302. The van der Waals surface area contributed by atoms with E-state index in [1.54, 1.807) is 18.6 Å². The molecule has 1 aliphatic heterocycles. The van der Waals surface area contributed by atoms with E-state index in [1.807, 2.05) is 54.9 Å². The van der Waals surface area contributed by atoms with Crippen LogP contribution in [0, 0.1) is 0 Å². The molecule has 4 aromatic rings. The minimum atomic E-state index is -0.105. The molecule has 0 radical (unpaired) electrons. The summed E-state index contributed by atoms with van der Waals surface area (Å²) in [7, 11) is 0. The molecule has 1 N–H and O–H groups in total. The van der Waals surface area contributed by atoms with Crippen molar-refractivity contribution in [1.82, 2.24) is 29.7 Å². The second-order valence-electron chi connectivity index (χ2n) is 7.25. The first-order valence-corrected chi connectivity index (χ1v) is 10.7. The Labute approximate surface area is 190 Å². The van der Waals surface area contributed by atoms with E-state index in [9.17, 15) is 0 Å². The van der Waals surface area contributed by atoms with Gasteiger partial charge in [-0.2, -0.15) is 0 Å². The second-order valence-corrected chi connectivity index (χ2v) is 8.08. The first kappa shape index (κ1) is 19.7. The van der Waals surface area contributed by atoms with Gasteiger partial charge in [-0.3, -0.25) is 9.97 Å². The molecule has 0 spiro atoms. The van der Waals surface area contributed by atoms with Gasteiger partial charge in [0.1, 0.15) is 5.82 Å². The van der Waals surface area contributed by atoms with Gasteiger partial charge in [0.25, 0.3) is 0 Å². The standard InChI is InChI=1S/C23H19ClN6S/c24-17-8-9-20(27-14-17)29-12-4-7-19(29)22-21(18-6-1-2-11-26-18)28-23(31)30(22)15-16-5-3-10-25-13-16/h1-14,21-22H,15H2,(H,28,31)/t21-,22-/m0/s1. The number of nitrogens with one attached hydrogen (secondary N) is 1. The fourth-order valence-electron chi connectivity index (χ4n) is 3.94. The summed E-state index contributed by atoms with van der Waals surface area (Å²) in [5.74, 6) is 0.795. The highest BCUT2D eigenvalue weighted by Crippen LogP contribution is 2.40. The Kier molecular flexibility index (Phi) is 5.36. The number of halogens is 1. The number of hydrogen-bond acceptors (Lipinski definition) is 4. The average Bonchev–Trinajstić information content (AvgIpc) is 3.40. The summed E-state index contributed by atoms with van der Waals surface area (Å²) in [4.78, 5) is 15.6. The number of hydrogen-bond donors (Lipinski definition) is 1. The molecule has 0 saturated carbocycles. The minimum Gasteiger partial charge on any atom is -0.352 e. The maximum absolute atomic E-state index is 6.05. The van der Waals surface area contributed by atoms with Crippen LogP contribution in [0.2, 0.25) is 5.02 Å². The van der Waals surface area contributed by atoms with Crippen LogP contribution in [-0.2, 0) is 6.54 Å². The van der Waals surface area contributed by atoms with E-state index >= 15 is 0 Å². The summed E-state index contributed by atoms with van der Waals surface area (Å²) in [6.07, 6.45) is 9.11. The zero-order chi connectivity index (χ0) is 21.2. The Balaban J connectivity index is 1.60. The highest BCUT2D eigenvalue weighted by atomic mass is 35.5. The van der Waals surface area contributed by atoms with Crippen molar-refractivity contribution < 1.29 is 0 Å². The Morgan fingerprint density at radius 1 is 0.968 bits per heavy atom. The molecule has 5 rings (SSSR count). The summed E-state index contributed by atoms with van der Waals surface area (Å²) >= 11 is 11.8. The minimum absolute atomic E-state index is 0.0879. The quantitative estimate of drug-likeness (QED) is 0.456. The zero-order valence-electron chi connectivity index (χ0n) is 16.5. The highest BCUT2D eigenvalue weighted by Gasteiger charge is 2.41. The van der Waals surface area contributed by atoms with Gasteiger partial charge in [-0.25, -0.2) is 4.98 Å². The van der Waals surface area contributed by atoms with Crippen LogP contribution in [0.5, 0.6) is 0 Å². The number of pyridine rings is 3. The number of aromatic nitrogens is 4. The molecule has 6 nitrogen and oxygen atoms in total. The van der Waals surface area contributed by atoms with Crippen molar-refractivity contribution in [2.24, 2.45) is 0 Å². The molecule has 0 aromatic carbocycles. The third-order valence-corrected chi connectivity index (χ3v) is 5.89. The third kappa shape index (κ3) is 3.89. The molecular formula is C23H19ClN6S. The number of rotatable bonds is 5. The number of thiocarbonyl (C=S) groups is 1. The summed E-state index contributed by atoms with van der Waals surface area (Å²) < 4.78 is 2.07. The molecule has 0 bridgehead atoms. The van der Waals surface area contributed by atoms with Crippen LogP contribution >= 0.6 is 23.8 Å². The molecule has 154 valence electrons. The van der Waals surface area contributed by atoms with Crippen molar-refractivity contribution in [2.75, 3.05) is 0 Å². The Bertz CT molecular complexity index is 1180. The summed E-state index contributed by atoms with van der Waals surface area (Å²) in [6, 6.07) is 17.6. The van der Waals surface area contributed by atoms with E-state index in [0.29, 0.717) is 16.7 Å². The molecular weight excluding hydrogens is 428 g/mol. The van der Waals surface area contributed by atoms with Gasteiger partial charge in [0.05, 0.1) is 22.8 Å². The van der Waals surface area contributed by atoms with Gasteiger partial charge in [-0.05, 0) is 60.2 Å². The topological polar surface area (TPSA) is 58.9 Å². The molecule has 1 fully saturated rings. The molecule has 0 amide bonds. The van der Waals surface area contributed by atoms with Gasteiger partial charge in [0, 0.05) is 43.2 Å². The van der Waals surface area contributed by atoms with E-state index in [1.165, 1.54) is 0 Å². The fraction of sp³-hybridized carbons (Fsp3) is 0.130. The van der Waals surface area contributed by atoms with E-state index in [0.717, 1.165) is 22.8 Å².